The molecule has 1 atom stereocenters. The van der Waals surface area contributed by atoms with Crippen molar-refractivity contribution in [1.82, 2.24) is 5.32 Å². The van der Waals surface area contributed by atoms with E-state index in [4.69, 9.17) is 5.11 Å². The van der Waals surface area contributed by atoms with Crippen molar-refractivity contribution in [2.75, 3.05) is 0 Å². The number of nitrogens with one attached hydrogen (secondary N) is 1. The van der Waals surface area contributed by atoms with Crippen LogP contribution in [0.4, 0.5) is 17.6 Å². The molecule has 0 aliphatic heterocycles. The fraction of sp³-hybridized carbons (Fsp3) is 0.385. The third-order valence-electron chi connectivity index (χ3n) is 2.74. The molecule has 4 nitrogen and oxygen atoms in total. The quantitative estimate of drug-likeness (QED) is 0.512. The minimum Gasteiger partial charge on any atom is -0.480 e. The number of rotatable bonds is 3. The first kappa shape index (κ1) is 16.9. The molecule has 1 amide bonds. The predicted octanol–water partition coefficient (Wildman–Crippen LogP) is 2.47. The molecule has 1 rings (SSSR count). The lowest BCUT2D eigenvalue weighted by atomic mass is 9.86. The van der Waals surface area contributed by atoms with Gasteiger partial charge in [0.15, 0.2) is 23.3 Å². The third kappa shape index (κ3) is 3.50. The Hall–Kier alpha value is -2.12. The molecule has 0 aromatic heterocycles. The van der Waals surface area contributed by atoms with Gasteiger partial charge >= 0.3 is 5.97 Å². The Labute approximate surface area is 117 Å². The van der Waals surface area contributed by atoms with Crippen LogP contribution in [0.2, 0.25) is 0 Å². The molecule has 0 radical (unpaired) electrons. The molecule has 1 aromatic carbocycles. The van der Waals surface area contributed by atoms with Crippen LogP contribution in [0.25, 0.3) is 0 Å². The highest BCUT2D eigenvalue weighted by atomic mass is 19.2. The van der Waals surface area contributed by atoms with Crippen LogP contribution in [0.5, 0.6) is 0 Å². The van der Waals surface area contributed by atoms with Crippen molar-refractivity contribution in [1.29, 1.82) is 0 Å². The van der Waals surface area contributed by atoms with Crippen LogP contribution in [0.15, 0.2) is 6.07 Å². The van der Waals surface area contributed by atoms with Crippen LogP contribution in [-0.2, 0) is 4.79 Å². The van der Waals surface area contributed by atoms with Gasteiger partial charge in [-0.15, -0.1) is 0 Å². The summed E-state index contributed by atoms with van der Waals surface area (Å²) in [5.41, 5.74) is -2.04. The summed E-state index contributed by atoms with van der Waals surface area (Å²) >= 11 is 0. The molecule has 1 aromatic rings. The van der Waals surface area contributed by atoms with Gasteiger partial charge in [0.2, 0.25) is 0 Å². The molecule has 0 saturated heterocycles. The minimum absolute atomic E-state index is 0.171. The summed E-state index contributed by atoms with van der Waals surface area (Å²) in [7, 11) is 0. The largest absolute Gasteiger partial charge is 0.480 e. The Morgan fingerprint density at radius 2 is 1.62 bits per heavy atom. The Bertz CT molecular complexity index is 596. The van der Waals surface area contributed by atoms with Gasteiger partial charge in [0.1, 0.15) is 6.04 Å². The van der Waals surface area contributed by atoms with E-state index in [2.05, 4.69) is 0 Å². The van der Waals surface area contributed by atoms with E-state index in [-0.39, 0.29) is 6.07 Å². The average molecular weight is 307 g/mol. The van der Waals surface area contributed by atoms with Gasteiger partial charge in [-0.25, -0.2) is 22.4 Å². The van der Waals surface area contributed by atoms with Crippen LogP contribution in [0.3, 0.4) is 0 Å². The number of halogens is 4. The first-order valence-corrected chi connectivity index (χ1v) is 5.83. The highest BCUT2D eigenvalue weighted by Gasteiger charge is 2.34. The van der Waals surface area contributed by atoms with Crippen molar-refractivity contribution in [3.05, 3.63) is 34.9 Å². The molecular formula is C13H13F4NO3. The van der Waals surface area contributed by atoms with Crippen molar-refractivity contribution < 1.29 is 32.3 Å². The summed E-state index contributed by atoms with van der Waals surface area (Å²) in [4.78, 5) is 22.8. The summed E-state index contributed by atoms with van der Waals surface area (Å²) in [5.74, 6) is -10.6. The fourth-order valence-electron chi connectivity index (χ4n) is 1.60. The van der Waals surface area contributed by atoms with E-state index in [0.29, 0.717) is 0 Å². The maximum absolute atomic E-state index is 13.5. The molecule has 0 saturated carbocycles. The SMILES string of the molecule is CC(C)(C)C(NC(=O)c1cc(F)c(F)c(F)c1F)C(=O)O. The number of aliphatic carboxylic acids is 1. The molecule has 21 heavy (non-hydrogen) atoms. The Balaban J connectivity index is 3.19. The number of benzene rings is 1. The van der Waals surface area contributed by atoms with Crippen molar-refractivity contribution in [2.45, 2.75) is 26.8 Å². The summed E-state index contributed by atoms with van der Waals surface area (Å²) in [6.45, 7) is 4.48. The molecule has 0 fully saturated rings. The zero-order valence-corrected chi connectivity index (χ0v) is 11.4. The van der Waals surface area contributed by atoms with Gasteiger partial charge in [-0.1, -0.05) is 20.8 Å². The van der Waals surface area contributed by atoms with Gasteiger partial charge in [0.25, 0.3) is 5.91 Å². The van der Waals surface area contributed by atoms with Crippen LogP contribution >= 0.6 is 0 Å². The Morgan fingerprint density at radius 1 is 1.10 bits per heavy atom. The minimum atomic E-state index is -2.14. The topological polar surface area (TPSA) is 66.4 Å². The highest BCUT2D eigenvalue weighted by molar-refractivity contribution is 5.97. The molecular weight excluding hydrogens is 294 g/mol. The summed E-state index contributed by atoms with van der Waals surface area (Å²) in [6, 6.07) is -1.26. The van der Waals surface area contributed by atoms with Gasteiger partial charge in [0, 0.05) is 0 Å². The summed E-state index contributed by atoms with van der Waals surface area (Å²) in [6.07, 6.45) is 0. The van der Waals surface area contributed by atoms with E-state index >= 15 is 0 Å². The Kier molecular flexibility index (Phi) is 4.60. The lowest BCUT2D eigenvalue weighted by Crippen LogP contribution is -2.49. The number of hydrogen-bond acceptors (Lipinski definition) is 2. The lowest BCUT2D eigenvalue weighted by molar-refractivity contribution is -0.142. The van der Waals surface area contributed by atoms with Gasteiger partial charge in [-0.05, 0) is 11.5 Å². The summed E-state index contributed by atoms with van der Waals surface area (Å²) in [5, 5.41) is 11.0. The second-order valence-corrected chi connectivity index (χ2v) is 5.46. The van der Waals surface area contributed by atoms with Crippen molar-refractivity contribution in [3.63, 3.8) is 0 Å². The van der Waals surface area contributed by atoms with Crippen molar-refractivity contribution in [3.8, 4) is 0 Å². The van der Waals surface area contributed by atoms with E-state index in [0.717, 1.165) is 0 Å². The second-order valence-electron chi connectivity index (χ2n) is 5.46. The van der Waals surface area contributed by atoms with Crippen molar-refractivity contribution >= 4 is 11.9 Å². The third-order valence-corrected chi connectivity index (χ3v) is 2.74. The fourth-order valence-corrected chi connectivity index (χ4v) is 1.60. The second kappa shape index (κ2) is 5.71. The normalized spacial score (nSPS) is 12.9. The lowest BCUT2D eigenvalue weighted by Gasteiger charge is -2.27. The molecule has 8 heteroatoms. The average Bonchev–Trinajstić information content (AvgIpc) is 2.35. The molecule has 0 bridgehead atoms. The van der Waals surface area contributed by atoms with E-state index in [1.807, 2.05) is 5.32 Å². The van der Waals surface area contributed by atoms with E-state index in [1.165, 1.54) is 20.8 Å². The van der Waals surface area contributed by atoms with E-state index < -0.39 is 52.2 Å². The predicted molar refractivity (Wildman–Crippen MR) is 64.6 cm³/mol. The molecule has 2 N–H and O–H groups in total. The van der Waals surface area contributed by atoms with E-state index in [9.17, 15) is 27.2 Å². The van der Waals surface area contributed by atoms with Gasteiger partial charge in [-0.3, -0.25) is 4.79 Å². The molecule has 116 valence electrons. The maximum Gasteiger partial charge on any atom is 0.326 e. The Morgan fingerprint density at radius 3 is 2.05 bits per heavy atom. The monoisotopic (exact) mass is 307 g/mol. The molecule has 0 spiro atoms. The van der Waals surface area contributed by atoms with Gasteiger partial charge in [-0.2, -0.15) is 0 Å². The van der Waals surface area contributed by atoms with Crippen molar-refractivity contribution in [2.24, 2.45) is 5.41 Å². The van der Waals surface area contributed by atoms with Crippen LogP contribution in [0, 0.1) is 28.7 Å². The molecule has 0 heterocycles. The molecule has 0 aliphatic rings. The van der Waals surface area contributed by atoms with Crippen LogP contribution in [-0.4, -0.2) is 23.0 Å². The van der Waals surface area contributed by atoms with E-state index in [1.54, 1.807) is 0 Å². The summed E-state index contributed by atoms with van der Waals surface area (Å²) < 4.78 is 52.3. The molecule has 1 unspecified atom stereocenters. The van der Waals surface area contributed by atoms with Gasteiger partial charge < -0.3 is 10.4 Å². The van der Waals surface area contributed by atoms with Gasteiger partial charge in [0.05, 0.1) is 5.56 Å². The first-order valence-electron chi connectivity index (χ1n) is 5.83. The zero-order valence-electron chi connectivity index (χ0n) is 11.4. The number of hydrogen-bond donors (Lipinski definition) is 2. The van der Waals surface area contributed by atoms with Crippen LogP contribution in [0.1, 0.15) is 31.1 Å². The number of amides is 1. The smallest absolute Gasteiger partial charge is 0.326 e. The number of carbonyl (C=O) groups is 2. The highest BCUT2D eigenvalue weighted by Crippen LogP contribution is 2.22. The number of carboxylic acid groups (broad SMARTS) is 1. The van der Waals surface area contributed by atoms with Crippen LogP contribution < -0.4 is 5.32 Å². The number of carboxylic acids is 1. The zero-order chi connectivity index (χ0) is 16.5. The standard InChI is InChI=1S/C13H13F4NO3/c1-13(2,3)10(12(20)21)18-11(19)5-4-6(14)8(16)9(17)7(5)15/h4,10H,1-3H3,(H,18,19)(H,20,21). The molecule has 0 aliphatic carbocycles. The maximum atomic E-state index is 13.5. The number of carbonyl (C=O) groups excluding carboxylic acids is 1. The first-order chi connectivity index (χ1) is 9.46.